The third-order valence-electron chi connectivity index (χ3n) is 4.76. The molecule has 0 aliphatic carbocycles. The summed E-state index contributed by atoms with van der Waals surface area (Å²) in [4.78, 5) is 29.6. The van der Waals surface area contributed by atoms with Crippen molar-refractivity contribution in [2.45, 2.75) is 6.54 Å². The predicted octanol–water partition coefficient (Wildman–Crippen LogP) is 1.79. The maximum atomic E-state index is 12.6. The zero-order valence-corrected chi connectivity index (χ0v) is 17.7. The van der Waals surface area contributed by atoms with Crippen LogP contribution in [0.25, 0.3) is 22.6 Å². The van der Waals surface area contributed by atoms with Gasteiger partial charge < -0.3 is 15.2 Å². The van der Waals surface area contributed by atoms with Gasteiger partial charge in [0.2, 0.25) is 0 Å². The van der Waals surface area contributed by atoms with Crippen LogP contribution in [0.3, 0.4) is 0 Å². The lowest BCUT2D eigenvalue weighted by Crippen LogP contribution is -2.23. The van der Waals surface area contributed by atoms with Gasteiger partial charge in [0.1, 0.15) is 12.2 Å². The van der Waals surface area contributed by atoms with Crippen molar-refractivity contribution in [1.29, 1.82) is 0 Å². The van der Waals surface area contributed by atoms with E-state index in [0.29, 0.717) is 28.1 Å². The lowest BCUT2D eigenvalue weighted by Gasteiger charge is -2.12. The number of nitro groups is 1. The molecule has 0 unspecified atom stereocenters. The summed E-state index contributed by atoms with van der Waals surface area (Å²) in [5, 5.41) is 22.6. The second-order valence-corrected chi connectivity index (χ2v) is 7.20. The molecule has 168 valence electrons. The van der Waals surface area contributed by atoms with Crippen LogP contribution in [0.5, 0.6) is 0 Å². The fraction of sp³-hybridized carbons (Fsp3) is 0.150. The minimum Gasteiger partial charge on any atom is -0.379 e. The van der Waals surface area contributed by atoms with Crippen LogP contribution in [0.15, 0.2) is 52.2 Å². The number of hydrazone groups is 1. The van der Waals surface area contributed by atoms with Gasteiger partial charge >= 0.3 is 0 Å². The molecule has 4 rings (SSSR count). The summed E-state index contributed by atoms with van der Waals surface area (Å²) in [6, 6.07) is 11.9. The van der Waals surface area contributed by atoms with Crippen LogP contribution in [0.2, 0.25) is 0 Å². The number of para-hydroxylation sites is 2. The molecule has 0 aliphatic heterocycles. The van der Waals surface area contributed by atoms with E-state index in [-0.39, 0.29) is 23.7 Å². The molecule has 13 nitrogen and oxygen atoms in total. The molecule has 0 saturated heterocycles. The van der Waals surface area contributed by atoms with Gasteiger partial charge in [0.15, 0.2) is 17.3 Å². The summed E-state index contributed by atoms with van der Waals surface area (Å²) in [7, 11) is 3.43. The number of nitrogens with one attached hydrogen (secondary N) is 1. The van der Waals surface area contributed by atoms with E-state index >= 15 is 0 Å². The monoisotopic (exact) mass is 449 g/mol. The number of rotatable bonds is 7. The van der Waals surface area contributed by atoms with E-state index < -0.39 is 10.8 Å². The third kappa shape index (κ3) is 4.32. The molecule has 0 fully saturated rings. The zero-order chi connectivity index (χ0) is 23.5. The smallest absolute Gasteiger partial charge is 0.293 e. The van der Waals surface area contributed by atoms with Crippen molar-refractivity contribution in [3.05, 3.63) is 58.1 Å². The molecule has 33 heavy (non-hydrogen) atoms. The number of nitrogens with zero attached hydrogens (tertiary/aromatic N) is 7. The van der Waals surface area contributed by atoms with E-state index in [4.69, 9.17) is 5.73 Å². The Morgan fingerprint density at radius 1 is 1.30 bits per heavy atom. The van der Waals surface area contributed by atoms with Crippen molar-refractivity contribution in [3.63, 3.8) is 0 Å². The first kappa shape index (κ1) is 21.4. The molecule has 2 aromatic heterocycles. The number of nitrogens with two attached hydrogens (primary N) is 1. The fourth-order valence-corrected chi connectivity index (χ4v) is 3.27. The Kier molecular flexibility index (Phi) is 5.67. The molecule has 1 amide bonds. The first-order valence-corrected chi connectivity index (χ1v) is 9.66. The van der Waals surface area contributed by atoms with Crippen LogP contribution in [0, 0.1) is 10.1 Å². The molecule has 0 saturated carbocycles. The molecule has 0 radical (unpaired) electrons. The Hall–Kier alpha value is -4.81. The van der Waals surface area contributed by atoms with Gasteiger partial charge in [-0.3, -0.25) is 14.9 Å². The number of anilines is 2. The number of hydrogen-bond donors (Lipinski definition) is 2. The van der Waals surface area contributed by atoms with E-state index in [0.717, 1.165) is 0 Å². The van der Waals surface area contributed by atoms with Crippen LogP contribution in [0.4, 0.5) is 17.2 Å². The number of imidazole rings is 1. The molecule has 13 heteroatoms. The molecule has 4 aromatic rings. The summed E-state index contributed by atoms with van der Waals surface area (Å²) in [6.07, 6.45) is 1.33. The second-order valence-electron chi connectivity index (χ2n) is 7.20. The highest BCUT2D eigenvalue weighted by Crippen LogP contribution is 2.28. The van der Waals surface area contributed by atoms with Crippen molar-refractivity contribution in [2.75, 3.05) is 24.7 Å². The van der Waals surface area contributed by atoms with Crippen LogP contribution >= 0.6 is 0 Å². The largest absolute Gasteiger partial charge is 0.379 e. The van der Waals surface area contributed by atoms with Gasteiger partial charge in [-0.2, -0.15) is 5.10 Å². The van der Waals surface area contributed by atoms with Crippen molar-refractivity contribution in [2.24, 2.45) is 5.10 Å². The molecule has 2 heterocycles. The van der Waals surface area contributed by atoms with Gasteiger partial charge in [-0.15, -0.1) is 0 Å². The second kappa shape index (κ2) is 8.74. The van der Waals surface area contributed by atoms with Crippen molar-refractivity contribution < 1.29 is 14.3 Å². The van der Waals surface area contributed by atoms with Crippen molar-refractivity contribution in [3.8, 4) is 11.5 Å². The maximum Gasteiger partial charge on any atom is 0.293 e. The number of nitrogen functional groups attached to an aromatic ring is 1. The lowest BCUT2D eigenvalue weighted by molar-refractivity contribution is -0.384. The third-order valence-corrected chi connectivity index (χ3v) is 4.76. The first-order chi connectivity index (χ1) is 15.8. The van der Waals surface area contributed by atoms with Crippen LogP contribution in [-0.4, -0.2) is 51.0 Å². The van der Waals surface area contributed by atoms with Gasteiger partial charge in [-0.25, -0.2) is 15.0 Å². The Labute approximate surface area is 186 Å². The molecule has 0 atom stereocenters. The molecular weight excluding hydrogens is 430 g/mol. The summed E-state index contributed by atoms with van der Waals surface area (Å²) in [5.74, 6) is -0.0816. The van der Waals surface area contributed by atoms with Gasteiger partial charge in [-0.05, 0) is 28.5 Å². The summed E-state index contributed by atoms with van der Waals surface area (Å²) < 4.78 is 6.28. The van der Waals surface area contributed by atoms with Gasteiger partial charge in [0.05, 0.1) is 22.2 Å². The van der Waals surface area contributed by atoms with E-state index in [1.54, 1.807) is 47.8 Å². The molecule has 3 N–H and O–H groups in total. The van der Waals surface area contributed by atoms with Gasteiger partial charge in [-0.1, -0.05) is 18.2 Å². The SMILES string of the molecule is CN(C)c1ccc(C=NNC(=O)Cn2c(-c3nonc3N)nc3ccccc32)cc1[N+](=O)[O-]. The normalized spacial score (nSPS) is 11.2. The van der Waals surface area contributed by atoms with Gasteiger partial charge in [0.25, 0.3) is 11.6 Å². The molecular formula is C20H19N9O4. The van der Waals surface area contributed by atoms with Gasteiger partial charge in [0, 0.05) is 25.7 Å². The quantitative estimate of drug-likeness (QED) is 0.242. The zero-order valence-electron chi connectivity index (χ0n) is 17.7. The summed E-state index contributed by atoms with van der Waals surface area (Å²) in [6.45, 7) is -0.140. The highest BCUT2D eigenvalue weighted by Gasteiger charge is 2.20. The molecule has 2 aromatic carbocycles. The number of carbonyl (C=O) groups is 1. The first-order valence-electron chi connectivity index (χ1n) is 9.66. The van der Waals surface area contributed by atoms with Crippen LogP contribution < -0.4 is 16.1 Å². The molecule has 0 bridgehead atoms. The van der Waals surface area contributed by atoms with E-state index in [2.05, 4.69) is 30.5 Å². The van der Waals surface area contributed by atoms with Crippen molar-refractivity contribution in [1.82, 2.24) is 25.3 Å². The Morgan fingerprint density at radius 3 is 2.79 bits per heavy atom. The number of amides is 1. The van der Waals surface area contributed by atoms with E-state index in [1.807, 2.05) is 12.1 Å². The number of carbonyl (C=O) groups excluding carboxylic acids is 1. The lowest BCUT2D eigenvalue weighted by atomic mass is 10.2. The Morgan fingerprint density at radius 2 is 2.09 bits per heavy atom. The van der Waals surface area contributed by atoms with Crippen molar-refractivity contribution >= 4 is 40.3 Å². The van der Waals surface area contributed by atoms with Crippen LogP contribution in [-0.2, 0) is 11.3 Å². The molecule has 0 spiro atoms. The average Bonchev–Trinajstić information content (AvgIpc) is 3.36. The highest BCUT2D eigenvalue weighted by atomic mass is 16.6. The topological polar surface area (TPSA) is 171 Å². The summed E-state index contributed by atoms with van der Waals surface area (Å²) >= 11 is 0. The average molecular weight is 449 g/mol. The molecule has 0 aliphatic rings. The highest BCUT2D eigenvalue weighted by molar-refractivity contribution is 5.87. The van der Waals surface area contributed by atoms with Crippen LogP contribution in [0.1, 0.15) is 5.56 Å². The minimum absolute atomic E-state index is 0.0488. The standard InChI is InChI=1S/C20H19N9O4/c1-27(2)15-8-7-12(9-16(15)29(31)32)10-22-24-17(30)11-28-14-6-4-3-5-13(14)23-20(28)18-19(21)26-33-25-18/h3-10H,11H2,1-2H3,(H2,21,26)(H,24,30). The minimum atomic E-state index is -0.471. The predicted molar refractivity (Wildman–Crippen MR) is 121 cm³/mol. The number of nitro benzene ring substituents is 1. The fourth-order valence-electron chi connectivity index (χ4n) is 3.27. The maximum absolute atomic E-state index is 12.6. The number of benzene rings is 2. The van der Waals surface area contributed by atoms with E-state index in [1.165, 1.54) is 12.3 Å². The number of fused-ring (bicyclic) bond motifs is 1. The summed E-state index contributed by atoms with van der Waals surface area (Å²) in [5.41, 5.74) is 10.6. The van der Waals surface area contributed by atoms with E-state index in [9.17, 15) is 14.9 Å². The Balaban J connectivity index is 1.55. The Bertz CT molecular complexity index is 1370. The number of hydrogen-bond acceptors (Lipinski definition) is 10. The number of aromatic nitrogens is 4.